The lowest BCUT2D eigenvalue weighted by molar-refractivity contribution is -0.213. The van der Waals surface area contributed by atoms with Crippen molar-refractivity contribution in [3.05, 3.63) is 36.4 Å². The first-order valence-electron chi connectivity index (χ1n) is 17.1. The fourth-order valence-electron chi connectivity index (χ4n) is 7.70. The maximum absolute atomic E-state index is 13.9. The van der Waals surface area contributed by atoms with Crippen LogP contribution in [0.4, 0.5) is 0 Å². The molecule has 1 saturated heterocycles. The number of rotatable bonds is 2. The second-order valence-electron chi connectivity index (χ2n) is 14.5. The van der Waals surface area contributed by atoms with Crippen molar-refractivity contribution in [3.63, 3.8) is 0 Å². The first-order valence-corrected chi connectivity index (χ1v) is 17.1. The Morgan fingerprint density at radius 3 is 2.20 bits per heavy atom. The molecule has 5 rings (SSSR count). The summed E-state index contributed by atoms with van der Waals surface area (Å²) in [6.45, 7) is 13.2. The molecular formula is C36H53NO12. The number of aliphatic hydroxyl groups excluding tert-OH is 3. The van der Waals surface area contributed by atoms with E-state index in [0.717, 1.165) is 6.08 Å². The Kier molecular flexibility index (Phi) is 12.2. The molecule has 6 unspecified atom stereocenters. The standard InChI is InChI=1S/C36H53NO12/c1-16-11-10-12-17(2)35(44)37-25-15-23(39)26-27-32(21(6)30(42)33(26)48-25)49-36(8,34(27)43)46-14-13-24(45-9)18(3)31(47-22(7)38)20(5)29(41)19(4)28(16)40/h10-11,13-21,24,26-33,40-42H,12H2,1-9H3,(H,37,44)/t16-,17+,18+,19+,20+,21?,24-,26?,27?,28-,29+,30?,31+,32?,33?,36-/m0/s1. The number of carbonyl (C=O) groups is 4. The predicted octanol–water partition coefficient (Wildman–Crippen LogP) is 2.18. The van der Waals surface area contributed by atoms with E-state index in [4.69, 9.17) is 23.7 Å². The molecule has 4 heterocycles. The Hall–Kier alpha value is -3.10. The van der Waals surface area contributed by atoms with Crippen LogP contribution in [0, 0.1) is 47.3 Å². The number of allylic oxidation sites excluding steroid dienone is 2. The number of Topliss-reactive ketones (excluding diaryl/α,β-unsaturated/α-hetero) is 1. The third-order valence-corrected chi connectivity index (χ3v) is 10.9. The van der Waals surface area contributed by atoms with Crippen LogP contribution in [-0.4, -0.2) is 94.4 Å². The van der Waals surface area contributed by atoms with E-state index in [0.29, 0.717) is 6.42 Å². The quantitative estimate of drug-likeness (QED) is 0.245. The number of aliphatic hydroxyl groups is 3. The third-order valence-electron chi connectivity index (χ3n) is 10.9. The van der Waals surface area contributed by atoms with Gasteiger partial charge in [-0.3, -0.25) is 24.5 Å². The zero-order valence-corrected chi connectivity index (χ0v) is 29.8. The molecule has 0 aromatic rings. The maximum atomic E-state index is 13.9. The first-order chi connectivity index (χ1) is 22.9. The molecule has 0 radical (unpaired) electrons. The largest absolute Gasteiger partial charge is 0.472 e. The van der Waals surface area contributed by atoms with Gasteiger partial charge in [-0.05, 0) is 12.5 Å². The van der Waals surface area contributed by atoms with Crippen molar-refractivity contribution in [2.24, 2.45) is 47.3 Å². The van der Waals surface area contributed by atoms with Gasteiger partial charge in [-0.1, -0.05) is 53.7 Å². The molecule has 0 aromatic carbocycles. The van der Waals surface area contributed by atoms with E-state index in [-0.39, 0.29) is 5.88 Å². The van der Waals surface area contributed by atoms with Crippen molar-refractivity contribution >= 4 is 23.4 Å². The summed E-state index contributed by atoms with van der Waals surface area (Å²) in [4.78, 5) is 52.8. The molecule has 4 aliphatic heterocycles. The van der Waals surface area contributed by atoms with E-state index in [1.807, 2.05) is 0 Å². The Balaban J connectivity index is 1.72. The molecule has 13 heteroatoms. The zero-order chi connectivity index (χ0) is 36.5. The van der Waals surface area contributed by atoms with E-state index in [2.05, 4.69) is 5.32 Å². The van der Waals surface area contributed by atoms with Gasteiger partial charge in [0.15, 0.2) is 11.7 Å². The van der Waals surface area contributed by atoms with E-state index >= 15 is 0 Å². The minimum absolute atomic E-state index is 0.105. The van der Waals surface area contributed by atoms with Crippen LogP contribution in [-0.2, 0) is 42.9 Å². The van der Waals surface area contributed by atoms with E-state index in [1.54, 1.807) is 59.8 Å². The molecule has 5 aliphatic rings. The van der Waals surface area contributed by atoms with E-state index in [1.165, 1.54) is 27.2 Å². The second-order valence-corrected chi connectivity index (χ2v) is 14.5. The van der Waals surface area contributed by atoms with Gasteiger partial charge < -0.3 is 39.0 Å². The minimum Gasteiger partial charge on any atom is -0.472 e. The number of hydrogen-bond donors (Lipinski definition) is 4. The summed E-state index contributed by atoms with van der Waals surface area (Å²) in [5.74, 6) is -9.29. The fraction of sp³-hybridized carbons (Fsp3) is 0.722. The van der Waals surface area contributed by atoms with Crippen LogP contribution in [0.5, 0.6) is 0 Å². The van der Waals surface area contributed by atoms with Gasteiger partial charge in [-0.25, -0.2) is 0 Å². The van der Waals surface area contributed by atoms with Crippen molar-refractivity contribution in [2.45, 2.75) is 110 Å². The summed E-state index contributed by atoms with van der Waals surface area (Å²) in [7, 11) is 1.46. The molecule has 2 fully saturated rings. The van der Waals surface area contributed by atoms with Crippen LogP contribution >= 0.6 is 0 Å². The third kappa shape index (κ3) is 7.80. The van der Waals surface area contributed by atoms with Gasteiger partial charge in [0.25, 0.3) is 5.79 Å². The Morgan fingerprint density at radius 2 is 1.57 bits per heavy atom. The molecule has 13 nitrogen and oxygen atoms in total. The summed E-state index contributed by atoms with van der Waals surface area (Å²) in [5.41, 5.74) is 0. The van der Waals surface area contributed by atoms with Crippen LogP contribution in [0.25, 0.3) is 0 Å². The molecule has 1 amide bonds. The number of ether oxygens (including phenoxy) is 5. The summed E-state index contributed by atoms with van der Waals surface area (Å²) in [6, 6.07) is 0. The molecule has 0 aromatic heterocycles. The normalized spacial score (nSPS) is 45.2. The molecule has 274 valence electrons. The average Bonchev–Trinajstić information content (AvgIpc) is 3.31. The summed E-state index contributed by atoms with van der Waals surface area (Å²) < 4.78 is 29.5. The second kappa shape index (κ2) is 15.4. The molecule has 1 saturated carbocycles. The average molecular weight is 692 g/mol. The van der Waals surface area contributed by atoms with Gasteiger partial charge in [-0.2, -0.15) is 0 Å². The molecule has 1 aliphatic carbocycles. The number of hydrogen-bond acceptors (Lipinski definition) is 12. The predicted molar refractivity (Wildman–Crippen MR) is 175 cm³/mol. The van der Waals surface area contributed by atoms with Gasteiger partial charge in [0.2, 0.25) is 11.7 Å². The van der Waals surface area contributed by atoms with Crippen LogP contribution in [0.3, 0.4) is 0 Å². The van der Waals surface area contributed by atoms with Crippen molar-refractivity contribution < 1.29 is 58.2 Å². The molecule has 5 bridgehead atoms. The summed E-state index contributed by atoms with van der Waals surface area (Å²) >= 11 is 0. The topological polar surface area (TPSA) is 187 Å². The van der Waals surface area contributed by atoms with Crippen molar-refractivity contribution in [3.8, 4) is 0 Å². The van der Waals surface area contributed by atoms with Crippen molar-refractivity contribution in [1.82, 2.24) is 5.32 Å². The lowest BCUT2D eigenvalue weighted by atomic mass is 9.66. The number of nitrogens with one attached hydrogen (secondary N) is 1. The minimum atomic E-state index is -1.81. The van der Waals surface area contributed by atoms with Crippen LogP contribution in [0.2, 0.25) is 0 Å². The number of ketones is 2. The van der Waals surface area contributed by atoms with Gasteiger partial charge in [0.1, 0.15) is 12.2 Å². The van der Waals surface area contributed by atoms with Crippen LogP contribution in [0.1, 0.15) is 61.8 Å². The highest BCUT2D eigenvalue weighted by Crippen LogP contribution is 2.49. The Morgan fingerprint density at radius 1 is 0.898 bits per heavy atom. The summed E-state index contributed by atoms with van der Waals surface area (Å²) in [5, 5.41) is 36.5. The maximum Gasteiger partial charge on any atom is 0.302 e. The number of amides is 1. The van der Waals surface area contributed by atoms with Crippen molar-refractivity contribution in [1.29, 1.82) is 0 Å². The zero-order valence-electron chi connectivity index (χ0n) is 29.8. The number of esters is 1. The van der Waals surface area contributed by atoms with Crippen molar-refractivity contribution in [2.75, 3.05) is 7.11 Å². The SMILES string of the molecule is CO[C@H]1C=CO[C@@]2(C)OC3C(C)C(O)C4OC(=CC(=O)C4C3C2=O)NC(=O)[C@H](C)CC=C[C@H](C)[C@H](O)[C@@H](C)[C@@H](O)[C@@H](C)[C@H](OC(C)=O)[C@@H]1C. The molecule has 16 atom stereocenters. The number of methoxy groups -OCH3 is 1. The Bertz CT molecular complexity index is 1340. The van der Waals surface area contributed by atoms with Crippen LogP contribution in [0.15, 0.2) is 36.4 Å². The van der Waals surface area contributed by atoms with Gasteiger partial charge in [-0.15, -0.1) is 0 Å². The monoisotopic (exact) mass is 691 g/mol. The van der Waals surface area contributed by atoms with Gasteiger partial charge in [0.05, 0.1) is 48.6 Å². The highest BCUT2D eigenvalue weighted by atomic mass is 16.7. The van der Waals surface area contributed by atoms with Gasteiger partial charge >= 0.3 is 5.97 Å². The Labute approximate surface area is 288 Å². The van der Waals surface area contributed by atoms with E-state index in [9.17, 15) is 34.5 Å². The lowest BCUT2D eigenvalue weighted by Crippen LogP contribution is -2.59. The molecule has 49 heavy (non-hydrogen) atoms. The molecule has 0 spiro atoms. The molecule has 4 N–H and O–H groups in total. The van der Waals surface area contributed by atoms with E-state index < -0.39 is 119 Å². The fourth-order valence-corrected chi connectivity index (χ4v) is 7.70. The number of fused-ring (bicyclic) bond motifs is 15. The first kappa shape index (κ1) is 38.7. The number of carbonyl (C=O) groups excluding carboxylic acids is 4. The van der Waals surface area contributed by atoms with Gasteiger partial charge in [0, 0.05) is 62.5 Å². The highest BCUT2D eigenvalue weighted by Gasteiger charge is 2.65. The lowest BCUT2D eigenvalue weighted by Gasteiger charge is -2.45. The highest BCUT2D eigenvalue weighted by molar-refractivity contribution is 6.01. The summed E-state index contributed by atoms with van der Waals surface area (Å²) in [6.07, 6.45) is 1.03. The van der Waals surface area contributed by atoms with Crippen LogP contribution < -0.4 is 5.32 Å². The smallest absolute Gasteiger partial charge is 0.302 e. The molecular weight excluding hydrogens is 638 g/mol.